The van der Waals surface area contributed by atoms with Crippen LogP contribution in [0.15, 0.2) is 58.5 Å². The number of benzene rings is 3. The topological polar surface area (TPSA) is 123 Å². The molecule has 0 saturated carbocycles. The molecule has 0 bridgehead atoms. The fourth-order valence-corrected chi connectivity index (χ4v) is 3.77. The first-order chi connectivity index (χ1) is 18.0. The predicted molar refractivity (Wildman–Crippen MR) is 144 cm³/mol. The molecule has 3 aromatic carbocycles. The van der Waals surface area contributed by atoms with E-state index in [-0.39, 0.29) is 81.6 Å². The van der Waals surface area contributed by atoms with Crippen LogP contribution in [0.1, 0.15) is 44.7 Å². The first-order valence-electron chi connectivity index (χ1n) is 11.4. The summed E-state index contributed by atoms with van der Waals surface area (Å²) < 4.78 is 10.4. The molecule has 0 aromatic heterocycles. The van der Waals surface area contributed by atoms with Crippen molar-refractivity contribution in [1.29, 1.82) is 0 Å². The first kappa shape index (κ1) is 36.1. The molecule has 0 fully saturated rings. The van der Waals surface area contributed by atoms with Crippen molar-refractivity contribution in [1.82, 2.24) is 0 Å². The summed E-state index contributed by atoms with van der Waals surface area (Å²) in [7, 11) is 2.85. The average molecular weight is 601 g/mol. The van der Waals surface area contributed by atoms with Crippen LogP contribution < -0.4 is 78.8 Å². The summed E-state index contributed by atoms with van der Waals surface area (Å²) in [5, 5.41) is 25.7. The summed E-state index contributed by atoms with van der Waals surface area (Å²) in [5.74, 6) is -1.63. The third-order valence-corrected chi connectivity index (χ3v) is 6.38. The van der Waals surface area contributed by atoms with Gasteiger partial charge in [0.1, 0.15) is 22.9 Å². The minimum atomic E-state index is -0.657. The molecule has 0 atom stereocenters. The number of carbonyl (C=O) groups excluding carboxylic acids is 2. The summed E-state index contributed by atoms with van der Waals surface area (Å²) in [6.07, 6.45) is -0.949. The number of aliphatic imine (C=N–C) groups is 2. The Morgan fingerprint density at radius 1 is 0.700 bits per heavy atom. The van der Waals surface area contributed by atoms with E-state index < -0.39 is 36.2 Å². The summed E-state index contributed by atoms with van der Waals surface area (Å²) in [5.41, 5.74) is 2.41. The van der Waals surface area contributed by atoms with E-state index in [2.05, 4.69) is 9.98 Å². The number of hydrogen-bond acceptors (Lipinski definition) is 8. The minimum Gasteiger partial charge on any atom is -0.861 e. The molecule has 12 heteroatoms. The number of ketones is 2. The van der Waals surface area contributed by atoms with Gasteiger partial charge in [-0.15, -0.1) is 0 Å². The molecule has 0 saturated heterocycles. The number of ether oxygens (including phenoxy) is 2. The van der Waals surface area contributed by atoms with Crippen molar-refractivity contribution in [2.75, 3.05) is 14.2 Å². The number of aryl methyl sites for hydroxylation is 2. The number of Topliss-reactive ketones (excluding diaryl/α,β-unsaturated/α-hetero) is 2. The molecule has 0 spiro atoms. The van der Waals surface area contributed by atoms with Gasteiger partial charge >= 0.3 is 59.1 Å². The van der Waals surface area contributed by atoms with Crippen molar-refractivity contribution in [2.45, 2.75) is 26.7 Å². The summed E-state index contributed by atoms with van der Waals surface area (Å²) >= 11 is 12.1. The van der Waals surface area contributed by atoms with Crippen LogP contribution in [0.3, 0.4) is 0 Å². The van der Waals surface area contributed by atoms with Crippen molar-refractivity contribution in [3.8, 4) is 11.5 Å². The van der Waals surface area contributed by atoms with E-state index in [1.165, 1.54) is 38.5 Å². The van der Waals surface area contributed by atoms with Crippen LogP contribution in [0.2, 0.25) is 10.0 Å². The van der Waals surface area contributed by atoms with Crippen molar-refractivity contribution in [3.63, 3.8) is 0 Å². The summed E-state index contributed by atoms with van der Waals surface area (Å²) in [6, 6.07) is 12.0. The molecule has 8 nitrogen and oxygen atoms in total. The van der Waals surface area contributed by atoms with Crippen LogP contribution in [0.25, 0.3) is 0 Å². The van der Waals surface area contributed by atoms with Crippen LogP contribution in [0.5, 0.6) is 11.5 Å². The van der Waals surface area contributed by atoms with Gasteiger partial charge in [0, 0.05) is 46.1 Å². The number of carbonyl (C=O) groups is 2. The normalized spacial score (nSPS) is 11.2. The maximum atomic E-state index is 12.6. The molecule has 0 aliphatic heterocycles. The second-order valence-corrected chi connectivity index (χ2v) is 9.15. The van der Waals surface area contributed by atoms with Crippen molar-refractivity contribution < 1.29 is 88.4 Å². The van der Waals surface area contributed by atoms with Gasteiger partial charge in [-0.25, -0.2) is 0 Å². The van der Waals surface area contributed by atoms with E-state index >= 15 is 0 Å². The number of rotatable bonds is 10. The van der Waals surface area contributed by atoms with Gasteiger partial charge in [-0.3, -0.25) is 19.6 Å². The third-order valence-electron chi connectivity index (χ3n) is 5.56. The van der Waals surface area contributed by atoms with E-state index in [1.807, 2.05) is 0 Å². The molecule has 0 aliphatic rings. The predicted octanol–water partition coefficient (Wildman–Crippen LogP) is -1.04. The van der Waals surface area contributed by atoms with Crippen molar-refractivity contribution in [2.24, 2.45) is 9.98 Å². The van der Waals surface area contributed by atoms with Gasteiger partial charge in [0.15, 0.2) is 11.6 Å². The number of hydrogen-bond donors (Lipinski definition) is 0. The monoisotopic (exact) mass is 600 g/mol. The van der Waals surface area contributed by atoms with Crippen LogP contribution in [-0.4, -0.2) is 37.6 Å². The minimum absolute atomic E-state index is 0. The Morgan fingerprint density at radius 3 is 1.32 bits per heavy atom. The van der Waals surface area contributed by atoms with Gasteiger partial charge < -0.3 is 19.7 Å². The van der Waals surface area contributed by atoms with Gasteiger partial charge in [-0.2, -0.15) is 0 Å². The van der Waals surface area contributed by atoms with Gasteiger partial charge in [0.05, 0.1) is 14.2 Å². The summed E-state index contributed by atoms with van der Waals surface area (Å²) in [6.45, 7) is 3.52. The molecule has 0 aliphatic carbocycles. The van der Waals surface area contributed by atoms with Gasteiger partial charge in [0.2, 0.25) is 0 Å². The van der Waals surface area contributed by atoms with Gasteiger partial charge in [-0.1, -0.05) is 47.5 Å². The Bertz CT molecular complexity index is 1340. The van der Waals surface area contributed by atoms with Crippen LogP contribution in [0.4, 0.5) is 11.4 Å². The summed E-state index contributed by atoms with van der Waals surface area (Å²) in [4.78, 5) is 33.1. The molecular formula is C28H24Cl2N2Na2O6. The Kier molecular flexibility index (Phi) is 14.9. The van der Waals surface area contributed by atoms with Crippen LogP contribution in [0, 0.1) is 13.8 Å². The van der Waals surface area contributed by atoms with E-state index in [0.29, 0.717) is 32.7 Å². The zero-order chi connectivity index (χ0) is 28.0. The smallest absolute Gasteiger partial charge is 0.861 e. The molecule has 0 unspecified atom stereocenters. The quantitative estimate of drug-likeness (QED) is 0.127. The standard InChI is InChI=1S/C28H26Cl2N2O6.2Na/c1-15-9-21(25(37-3)11-19(15)29)31-27(35)13-23(33)17-5-7-18(8-6-17)24(34)14-28(36)32-22-10-16(2)20(30)12-26(22)38-4;;/h5-12H,13-14H2,1-4H3,(H,31,35)(H,32,36);;/q;2*+1/p-2. The van der Waals surface area contributed by atoms with Crippen molar-refractivity contribution in [3.05, 3.63) is 80.8 Å². The number of halogens is 2. The van der Waals surface area contributed by atoms with Crippen molar-refractivity contribution >= 4 is 57.9 Å². The largest absolute Gasteiger partial charge is 1.00 e. The molecule has 3 rings (SSSR count). The Hall–Kier alpha value is -1.88. The molecular weight excluding hydrogens is 577 g/mol. The Labute approximate surface area is 287 Å². The zero-order valence-electron chi connectivity index (χ0n) is 23.1. The molecule has 0 heterocycles. The molecule has 0 amide bonds. The molecule has 0 radical (unpaired) electrons. The Balaban J connectivity index is 0.00000400. The fraction of sp³-hybridized carbons (Fsp3) is 0.214. The van der Waals surface area contributed by atoms with Gasteiger partial charge in [-0.05, 0) is 48.9 Å². The molecule has 40 heavy (non-hydrogen) atoms. The fourth-order valence-electron chi connectivity index (χ4n) is 3.47. The maximum absolute atomic E-state index is 12.6. The molecule has 0 N–H and O–H groups in total. The second-order valence-electron chi connectivity index (χ2n) is 8.33. The first-order valence-corrected chi connectivity index (χ1v) is 12.1. The second kappa shape index (κ2) is 16.5. The number of methoxy groups -OCH3 is 2. The third kappa shape index (κ3) is 9.60. The Morgan fingerprint density at radius 2 is 1.02 bits per heavy atom. The molecule has 3 aromatic rings. The van der Waals surface area contributed by atoms with Gasteiger partial charge in [0.25, 0.3) is 0 Å². The van der Waals surface area contributed by atoms with Crippen LogP contribution >= 0.6 is 23.2 Å². The van der Waals surface area contributed by atoms with Crippen LogP contribution in [-0.2, 0) is 0 Å². The maximum Gasteiger partial charge on any atom is 1.00 e. The van der Waals surface area contributed by atoms with E-state index in [1.54, 1.807) is 38.1 Å². The van der Waals surface area contributed by atoms with E-state index in [4.69, 9.17) is 32.7 Å². The molecule has 198 valence electrons. The van der Waals surface area contributed by atoms with E-state index in [0.717, 1.165) is 0 Å². The number of nitrogens with zero attached hydrogens (tertiary/aromatic N) is 2. The van der Waals surface area contributed by atoms with E-state index in [9.17, 15) is 19.8 Å². The zero-order valence-corrected chi connectivity index (χ0v) is 28.6. The average Bonchev–Trinajstić information content (AvgIpc) is 2.87. The SMILES string of the molecule is COc1cc(Cl)c(C)cc1N=C([O-])CC(=O)c1ccc(C(=O)CC([O-])=Nc2cc(C)c(Cl)cc2OC)cc1.[Na+].[Na+].